The molecule has 1 aromatic heterocycles. The zero-order chi connectivity index (χ0) is 11.6. The first-order valence-electron chi connectivity index (χ1n) is 4.19. The minimum atomic E-state index is -1.12. The Balaban J connectivity index is 3.21. The summed E-state index contributed by atoms with van der Waals surface area (Å²) in [5.41, 5.74) is 4.95. The lowest BCUT2D eigenvalue weighted by atomic mass is 10.2. The Morgan fingerprint density at radius 3 is 2.60 bits per heavy atom. The Kier molecular flexibility index (Phi) is 2.93. The number of carbonyl (C=O) groups is 1. The number of carboxylic acids is 1. The summed E-state index contributed by atoms with van der Waals surface area (Å²) < 4.78 is 0. The Hall–Kier alpha value is -2.05. The van der Waals surface area contributed by atoms with Gasteiger partial charge in [0.15, 0.2) is 0 Å². The molecular formula is C8H12N4O3. The summed E-state index contributed by atoms with van der Waals surface area (Å²) in [4.78, 5) is 29.8. The second kappa shape index (κ2) is 3.99. The fraction of sp³-hybridized carbons (Fsp3) is 0.375. The van der Waals surface area contributed by atoms with Gasteiger partial charge in [0.05, 0.1) is 12.0 Å². The van der Waals surface area contributed by atoms with E-state index in [0.717, 1.165) is 0 Å². The Morgan fingerprint density at radius 1 is 1.60 bits per heavy atom. The van der Waals surface area contributed by atoms with Crippen LogP contribution in [0.5, 0.6) is 0 Å². The van der Waals surface area contributed by atoms with Crippen LogP contribution in [0.15, 0.2) is 4.79 Å². The van der Waals surface area contributed by atoms with Crippen molar-refractivity contribution in [1.82, 2.24) is 9.97 Å². The number of nitrogens with two attached hydrogens (primary N) is 1. The number of nitrogens with zero attached hydrogens (tertiary/aromatic N) is 2. The van der Waals surface area contributed by atoms with E-state index in [2.05, 4.69) is 9.97 Å². The van der Waals surface area contributed by atoms with E-state index in [0.29, 0.717) is 5.95 Å². The molecule has 7 heteroatoms. The van der Waals surface area contributed by atoms with Crippen LogP contribution < -0.4 is 16.2 Å². The van der Waals surface area contributed by atoms with E-state index in [-0.39, 0.29) is 11.4 Å². The number of H-pyrrole nitrogens is 1. The van der Waals surface area contributed by atoms with E-state index in [1.165, 1.54) is 0 Å². The first kappa shape index (κ1) is 11.0. The van der Waals surface area contributed by atoms with Gasteiger partial charge in [0.25, 0.3) is 5.56 Å². The van der Waals surface area contributed by atoms with Crippen molar-refractivity contribution in [3.63, 3.8) is 0 Å². The van der Waals surface area contributed by atoms with Crippen molar-refractivity contribution < 1.29 is 9.90 Å². The van der Waals surface area contributed by atoms with Crippen molar-refractivity contribution in [2.45, 2.75) is 6.42 Å². The fourth-order valence-electron chi connectivity index (χ4n) is 1.04. The Labute approximate surface area is 85.5 Å². The lowest BCUT2D eigenvalue weighted by molar-refractivity contribution is -0.136. The van der Waals surface area contributed by atoms with Crippen molar-refractivity contribution in [3.8, 4) is 0 Å². The molecule has 0 spiro atoms. The van der Waals surface area contributed by atoms with Crippen LogP contribution in [0, 0.1) is 0 Å². The van der Waals surface area contributed by atoms with Gasteiger partial charge in [0, 0.05) is 14.1 Å². The van der Waals surface area contributed by atoms with E-state index in [1.54, 1.807) is 19.0 Å². The molecule has 0 saturated carbocycles. The maximum Gasteiger partial charge on any atom is 0.308 e. The van der Waals surface area contributed by atoms with Crippen molar-refractivity contribution in [1.29, 1.82) is 0 Å². The molecule has 0 aliphatic heterocycles. The third kappa shape index (κ3) is 2.46. The van der Waals surface area contributed by atoms with Gasteiger partial charge in [-0.3, -0.25) is 14.6 Å². The minimum absolute atomic E-state index is 0.0203. The largest absolute Gasteiger partial charge is 0.481 e. The van der Waals surface area contributed by atoms with Gasteiger partial charge in [0.1, 0.15) is 5.82 Å². The smallest absolute Gasteiger partial charge is 0.308 e. The van der Waals surface area contributed by atoms with Crippen LogP contribution >= 0.6 is 0 Å². The van der Waals surface area contributed by atoms with Gasteiger partial charge in [0.2, 0.25) is 5.95 Å². The number of nitrogen functional groups attached to an aromatic ring is 1. The van der Waals surface area contributed by atoms with Gasteiger partial charge < -0.3 is 15.7 Å². The maximum atomic E-state index is 11.4. The number of aliphatic carboxylic acids is 1. The molecule has 0 aliphatic rings. The highest BCUT2D eigenvalue weighted by molar-refractivity contribution is 5.72. The second-order valence-electron chi connectivity index (χ2n) is 3.22. The summed E-state index contributed by atoms with van der Waals surface area (Å²) in [7, 11) is 3.38. The summed E-state index contributed by atoms with van der Waals surface area (Å²) in [6.45, 7) is 0. The molecule has 0 fully saturated rings. The fourth-order valence-corrected chi connectivity index (χ4v) is 1.04. The molecule has 0 aliphatic carbocycles. The van der Waals surface area contributed by atoms with Crippen LogP contribution in [0.25, 0.3) is 0 Å². The molecule has 1 rings (SSSR count). The highest BCUT2D eigenvalue weighted by Gasteiger charge is 2.12. The highest BCUT2D eigenvalue weighted by atomic mass is 16.4. The van der Waals surface area contributed by atoms with Crippen LogP contribution in [-0.4, -0.2) is 35.1 Å². The monoisotopic (exact) mass is 212 g/mol. The molecule has 0 atom stereocenters. The molecule has 1 heterocycles. The first-order chi connectivity index (χ1) is 6.91. The molecule has 4 N–H and O–H groups in total. The van der Waals surface area contributed by atoms with E-state index in [1.807, 2.05) is 0 Å². The average molecular weight is 212 g/mol. The van der Waals surface area contributed by atoms with E-state index < -0.39 is 17.9 Å². The summed E-state index contributed by atoms with van der Waals surface area (Å²) in [5, 5.41) is 8.55. The lowest BCUT2D eigenvalue weighted by Crippen LogP contribution is -2.24. The van der Waals surface area contributed by atoms with Crippen LogP contribution in [0.4, 0.5) is 11.8 Å². The lowest BCUT2D eigenvalue weighted by Gasteiger charge is -2.11. The van der Waals surface area contributed by atoms with E-state index in [4.69, 9.17) is 10.8 Å². The quantitative estimate of drug-likeness (QED) is 0.595. The molecule has 0 unspecified atom stereocenters. The van der Waals surface area contributed by atoms with Crippen LogP contribution in [-0.2, 0) is 11.2 Å². The van der Waals surface area contributed by atoms with Crippen molar-refractivity contribution >= 4 is 17.7 Å². The van der Waals surface area contributed by atoms with Crippen molar-refractivity contribution in [2.75, 3.05) is 24.7 Å². The number of hydrogen-bond acceptors (Lipinski definition) is 5. The average Bonchev–Trinajstić information content (AvgIpc) is 2.10. The molecule has 0 amide bonds. The normalized spacial score (nSPS) is 10.0. The molecule has 15 heavy (non-hydrogen) atoms. The third-order valence-corrected chi connectivity index (χ3v) is 1.79. The van der Waals surface area contributed by atoms with Gasteiger partial charge >= 0.3 is 5.97 Å². The van der Waals surface area contributed by atoms with Crippen LogP contribution in [0.3, 0.4) is 0 Å². The Bertz CT molecular complexity index is 438. The summed E-state index contributed by atoms with van der Waals surface area (Å²) in [6, 6.07) is 0. The number of hydrogen-bond donors (Lipinski definition) is 3. The molecule has 0 radical (unpaired) electrons. The number of aromatic amines is 1. The maximum absolute atomic E-state index is 11.4. The highest BCUT2D eigenvalue weighted by Crippen LogP contribution is 2.07. The van der Waals surface area contributed by atoms with Crippen molar-refractivity contribution in [3.05, 3.63) is 15.9 Å². The molecule has 0 saturated heterocycles. The molecular weight excluding hydrogens is 200 g/mol. The van der Waals surface area contributed by atoms with Gasteiger partial charge in [-0.1, -0.05) is 0 Å². The number of aromatic nitrogens is 2. The van der Waals surface area contributed by atoms with E-state index >= 15 is 0 Å². The van der Waals surface area contributed by atoms with E-state index in [9.17, 15) is 9.59 Å². The second-order valence-corrected chi connectivity index (χ2v) is 3.22. The molecule has 7 nitrogen and oxygen atoms in total. The summed E-state index contributed by atoms with van der Waals surface area (Å²) in [5.74, 6) is -0.872. The molecule has 82 valence electrons. The first-order valence-corrected chi connectivity index (χ1v) is 4.19. The van der Waals surface area contributed by atoms with Crippen molar-refractivity contribution in [2.24, 2.45) is 0 Å². The van der Waals surface area contributed by atoms with Gasteiger partial charge in [-0.05, 0) is 0 Å². The molecule has 0 bridgehead atoms. The minimum Gasteiger partial charge on any atom is -0.481 e. The number of rotatable bonds is 3. The predicted octanol–water partition coefficient (Wildman–Crippen LogP) is -0.955. The van der Waals surface area contributed by atoms with Crippen LogP contribution in [0.1, 0.15) is 5.56 Å². The van der Waals surface area contributed by atoms with Gasteiger partial charge in [-0.15, -0.1) is 0 Å². The third-order valence-electron chi connectivity index (χ3n) is 1.79. The molecule has 1 aromatic rings. The topological polar surface area (TPSA) is 112 Å². The number of nitrogens with one attached hydrogen (secondary N) is 1. The zero-order valence-electron chi connectivity index (χ0n) is 8.44. The van der Waals surface area contributed by atoms with Gasteiger partial charge in [-0.2, -0.15) is 4.98 Å². The molecule has 0 aromatic carbocycles. The van der Waals surface area contributed by atoms with Gasteiger partial charge in [-0.25, -0.2) is 0 Å². The van der Waals surface area contributed by atoms with Crippen LogP contribution in [0.2, 0.25) is 0 Å². The Morgan fingerprint density at radius 2 is 2.20 bits per heavy atom. The summed E-state index contributed by atoms with van der Waals surface area (Å²) >= 11 is 0. The summed E-state index contributed by atoms with van der Waals surface area (Å²) in [6.07, 6.45) is -0.429. The predicted molar refractivity (Wildman–Crippen MR) is 54.9 cm³/mol. The number of anilines is 2. The SMILES string of the molecule is CN(C)c1nc(N)c(CC(=O)O)c(=O)[nH]1. The zero-order valence-corrected chi connectivity index (χ0v) is 8.44. The number of carboxylic acid groups (broad SMARTS) is 1. The standard InChI is InChI=1S/C8H12N4O3/c1-12(2)8-10-6(9)4(3-5(13)14)7(15)11-8/h3H2,1-2H3,(H,13,14)(H3,9,10,11,15).